The van der Waals surface area contributed by atoms with Crippen LogP contribution in [0.1, 0.15) is 43.5 Å². The van der Waals surface area contributed by atoms with Crippen LogP contribution in [0, 0.1) is 5.92 Å². The van der Waals surface area contributed by atoms with Crippen LogP contribution in [0.3, 0.4) is 0 Å². The van der Waals surface area contributed by atoms with Gasteiger partial charge in [-0.05, 0) is 48.1 Å². The van der Waals surface area contributed by atoms with E-state index in [1.54, 1.807) is 0 Å². The van der Waals surface area contributed by atoms with Gasteiger partial charge in [0.15, 0.2) is 0 Å². The summed E-state index contributed by atoms with van der Waals surface area (Å²) in [4.78, 5) is 0. The molecule has 0 aliphatic carbocycles. The van der Waals surface area contributed by atoms with E-state index in [-0.39, 0.29) is 0 Å². The molecule has 2 rings (SSSR count). The largest absolute Gasteiger partial charge is 0.306 e. The van der Waals surface area contributed by atoms with Crippen molar-refractivity contribution in [3.8, 4) is 0 Å². The molecular formula is C19H24ClN. The quantitative estimate of drug-likeness (QED) is 0.754. The summed E-state index contributed by atoms with van der Waals surface area (Å²) in [6, 6.07) is 17.2. The summed E-state index contributed by atoms with van der Waals surface area (Å²) in [7, 11) is 0. The molecule has 0 radical (unpaired) electrons. The van der Waals surface area contributed by atoms with E-state index in [4.69, 9.17) is 11.6 Å². The summed E-state index contributed by atoms with van der Waals surface area (Å²) >= 11 is 6.04. The Labute approximate surface area is 133 Å². The Bertz CT molecular complexity index is 560. The molecule has 0 aliphatic rings. The minimum absolute atomic E-state index is 0.291. The lowest BCUT2D eigenvalue weighted by molar-refractivity contribution is 0.574. The van der Waals surface area contributed by atoms with Crippen LogP contribution in [0.25, 0.3) is 0 Å². The molecule has 2 heteroatoms. The van der Waals surface area contributed by atoms with Gasteiger partial charge in [-0.3, -0.25) is 0 Å². The number of halogens is 1. The highest BCUT2D eigenvalue weighted by Crippen LogP contribution is 2.18. The van der Waals surface area contributed by atoms with Crippen LogP contribution in [0.5, 0.6) is 0 Å². The molecule has 0 amide bonds. The number of rotatable bonds is 6. The van der Waals surface area contributed by atoms with Gasteiger partial charge in [0, 0.05) is 17.6 Å². The van der Waals surface area contributed by atoms with Gasteiger partial charge in [-0.15, -0.1) is 0 Å². The highest BCUT2D eigenvalue weighted by molar-refractivity contribution is 6.30. The second-order valence-corrected chi connectivity index (χ2v) is 6.51. The molecule has 2 aromatic carbocycles. The zero-order valence-corrected chi connectivity index (χ0v) is 13.8. The lowest BCUT2D eigenvalue weighted by Gasteiger charge is -2.15. The minimum Gasteiger partial charge on any atom is -0.306 e. The SMILES string of the molecule is CC(C)Cc1ccc(CN[C@@H](C)c2cccc(Cl)c2)cc1. The maximum atomic E-state index is 6.04. The molecule has 1 N–H and O–H groups in total. The topological polar surface area (TPSA) is 12.0 Å². The van der Waals surface area contributed by atoms with Gasteiger partial charge in [-0.1, -0.05) is 61.8 Å². The molecule has 1 atom stereocenters. The molecule has 0 heterocycles. The van der Waals surface area contributed by atoms with Gasteiger partial charge < -0.3 is 5.32 Å². The third-order valence-corrected chi connectivity index (χ3v) is 3.86. The highest BCUT2D eigenvalue weighted by atomic mass is 35.5. The van der Waals surface area contributed by atoms with E-state index >= 15 is 0 Å². The molecule has 0 aromatic heterocycles. The maximum Gasteiger partial charge on any atom is 0.0409 e. The molecule has 112 valence electrons. The Balaban J connectivity index is 1.90. The van der Waals surface area contributed by atoms with Gasteiger partial charge in [0.25, 0.3) is 0 Å². The summed E-state index contributed by atoms with van der Waals surface area (Å²) < 4.78 is 0. The van der Waals surface area contributed by atoms with E-state index in [9.17, 15) is 0 Å². The second-order valence-electron chi connectivity index (χ2n) is 6.07. The van der Waals surface area contributed by atoms with Gasteiger partial charge in [-0.2, -0.15) is 0 Å². The van der Waals surface area contributed by atoms with Gasteiger partial charge >= 0.3 is 0 Å². The summed E-state index contributed by atoms with van der Waals surface area (Å²) in [6.07, 6.45) is 1.15. The van der Waals surface area contributed by atoms with E-state index in [0.717, 1.165) is 18.0 Å². The van der Waals surface area contributed by atoms with E-state index in [2.05, 4.69) is 56.4 Å². The van der Waals surface area contributed by atoms with Crippen LogP contribution in [0.15, 0.2) is 48.5 Å². The zero-order chi connectivity index (χ0) is 15.2. The Morgan fingerprint density at radius 1 is 0.952 bits per heavy atom. The first-order valence-corrected chi connectivity index (χ1v) is 7.99. The molecule has 0 bridgehead atoms. The number of nitrogens with one attached hydrogen (secondary N) is 1. The van der Waals surface area contributed by atoms with Gasteiger partial charge in [0.2, 0.25) is 0 Å². The van der Waals surface area contributed by atoms with Crippen LogP contribution in [0.2, 0.25) is 5.02 Å². The van der Waals surface area contributed by atoms with Crippen molar-refractivity contribution in [1.82, 2.24) is 5.32 Å². The Morgan fingerprint density at radius 2 is 1.62 bits per heavy atom. The van der Waals surface area contributed by atoms with Crippen LogP contribution in [-0.2, 0) is 13.0 Å². The molecule has 0 fully saturated rings. The fourth-order valence-corrected chi connectivity index (χ4v) is 2.63. The highest BCUT2D eigenvalue weighted by Gasteiger charge is 2.05. The van der Waals surface area contributed by atoms with Crippen LogP contribution >= 0.6 is 11.6 Å². The Kier molecular flexibility index (Phi) is 5.84. The third kappa shape index (κ3) is 5.18. The normalized spacial score (nSPS) is 12.6. The number of hydrogen-bond acceptors (Lipinski definition) is 1. The van der Waals surface area contributed by atoms with Crippen molar-refractivity contribution in [2.75, 3.05) is 0 Å². The second kappa shape index (κ2) is 7.63. The molecule has 2 aromatic rings. The Hall–Kier alpha value is -1.31. The molecule has 1 nitrogen and oxygen atoms in total. The molecule has 21 heavy (non-hydrogen) atoms. The molecule has 0 aliphatic heterocycles. The summed E-state index contributed by atoms with van der Waals surface area (Å²) in [5.41, 5.74) is 3.95. The average molecular weight is 302 g/mol. The van der Waals surface area contributed by atoms with Crippen LogP contribution < -0.4 is 5.32 Å². The lowest BCUT2D eigenvalue weighted by atomic mass is 10.0. The summed E-state index contributed by atoms with van der Waals surface area (Å²) in [6.45, 7) is 7.54. The maximum absolute atomic E-state index is 6.04. The molecule has 0 saturated carbocycles. The first kappa shape index (κ1) is 16.1. The van der Waals surface area contributed by atoms with Crippen molar-refractivity contribution < 1.29 is 0 Å². The summed E-state index contributed by atoms with van der Waals surface area (Å²) in [5.74, 6) is 0.705. The first-order chi connectivity index (χ1) is 10.0. The Morgan fingerprint density at radius 3 is 2.24 bits per heavy atom. The van der Waals surface area contributed by atoms with Crippen molar-refractivity contribution in [1.29, 1.82) is 0 Å². The standard InChI is InChI=1S/C19H24ClN/c1-14(2)11-16-7-9-17(10-8-16)13-21-15(3)18-5-4-6-19(20)12-18/h4-10,12,14-15,21H,11,13H2,1-3H3/t15-/m0/s1. The third-order valence-electron chi connectivity index (χ3n) is 3.63. The summed E-state index contributed by atoms with van der Waals surface area (Å²) in [5, 5.41) is 4.33. The predicted molar refractivity (Wildman–Crippen MR) is 91.7 cm³/mol. The van der Waals surface area contributed by atoms with Gasteiger partial charge in [0.05, 0.1) is 0 Å². The van der Waals surface area contributed by atoms with E-state index in [1.807, 2.05) is 18.2 Å². The fraction of sp³-hybridized carbons (Fsp3) is 0.368. The van der Waals surface area contributed by atoms with Crippen molar-refractivity contribution in [3.63, 3.8) is 0 Å². The van der Waals surface area contributed by atoms with E-state index in [1.165, 1.54) is 16.7 Å². The number of benzene rings is 2. The predicted octanol–water partition coefficient (Wildman–Crippen LogP) is 5.39. The average Bonchev–Trinajstić information content (AvgIpc) is 2.45. The molecule has 0 unspecified atom stereocenters. The van der Waals surface area contributed by atoms with Crippen LogP contribution in [-0.4, -0.2) is 0 Å². The van der Waals surface area contributed by atoms with Crippen molar-refractivity contribution in [2.45, 2.75) is 39.8 Å². The molecule has 0 spiro atoms. The van der Waals surface area contributed by atoms with E-state index < -0.39 is 0 Å². The smallest absolute Gasteiger partial charge is 0.0409 e. The number of hydrogen-bond donors (Lipinski definition) is 1. The van der Waals surface area contributed by atoms with Crippen molar-refractivity contribution in [2.24, 2.45) is 5.92 Å². The minimum atomic E-state index is 0.291. The lowest BCUT2D eigenvalue weighted by Crippen LogP contribution is -2.18. The monoisotopic (exact) mass is 301 g/mol. The van der Waals surface area contributed by atoms with E-state index in [0.29, 0.717) is 12.0 Å². The fourth-order valence-electron chi connectivity index (χ4n) is 2.43. The molecular weight excluding hydrogens is 278 g/mol. The van der Waals surface area contributed by atoms with Crippen LogP contribution in [0.4, 0.5) is 0 Å². The van der Waals surface area contributed by atoms with Crippen molar-refractivity contribution >= 4 is 11.6 Å². The molecule has 0 saturated heterocycles. The first-order valence-electron chi connectivity index (χ1n) is 7.61. The van der Waals surface area contributed by atoms with Gasteiger partial charge in [0.1, 0.15) is 0 Å². The zero-order valence-electron chi connectivity index (χ0n) is 13.1. The van der Waals surface area contributed by atoms with Crippen molar-refractivity contribution in [3.05, 3.63) is 70.2 Å². The van der Waals surface area contributed by atoms with Gasteiger partial charge in [-0.25, -0.2) is 0 Å².